The second-order valence-corrected chi connectivity index (χ2v) is 4.35. The van der Waals surface area contributed by atoms with E-state index >= 15 is 0 Å². The lowest BCUT2D eigenvalue weighted by molar-refractivity contribution is -0.0455. The third kappa shape index (κ3) is 2.96. The maximum atomic E-state index is 5.67. The average molecular weight is 185 g/mol. The van der Waals surface area contributed by atoms with Crippen LogP contribution < -0.4 is 5.32 Å². The van der Waals surface area contributed by atoms with Crippen LogP contribution in [0.3, 0.4) is 0 Å². The molecule has 0 atom stereocenters. The maximum absolute atomic E-state index is 5.67. The highest BCUT2D eigenvalue weighted by Gasteiger charge is 2.33. The molecule has 0 amide bonds. The van der Waals surface area contributed by atoms with Crippen molar-refractivity contribution in [1.82, 2.24) is 5.32 Å². The Balaban J connectivity index is 2.40. The molecule has 0 heterocycles. The molecule has 1 aliphatic rings. The van der Waals surface area contributed by atoms with Gasteiger partial charge in [0, 0.05) is 13.7 Å². The van der Waals surface area contributed by atoms with Crippen molar-refractivity contribution in [2.45, 2.75) is 45.1 Å². The van der Waals surface area contributed by atoms with Crippen LogP contribution in [-0.2, 0) is 4.74 Å². The highest BCUT2D eigenvalue weighted by molar-refractivity contribution is 4.87. The van der Waals surface area contributed by atoms with Crippen LogP contribution in [0.5, 0.6) is 0 Å². The molecule has 1 N–H and O–H groups in total. The van der Waals surface area contributed by atoms with Crippen molar-refractivity contribution in [3.05, 3.63) is 0 Å². The van der Waals surface area contributed by atoms with Crippen molar-refractivity contribution in [2.75, 3.05) is 20.2 Å². The summed E-state index contributed by atoms with van der Waals surface area (Å²) < 4.78 is 5.67. The fraction of sp³-hybridized carbons (Fsp3) is 1.00. The van der Waals surface area contributed by atoms with E-state index in [1.54, 1.807) is 0 Å². The van der Waals surface area contributed by atoms with Gasteiger partial charge in [-0.15, -0.1) is 0 Å². The summed E-state index contributed by atoms with van der Waals surface area (Å²) >= 11 is 0. The summed E-state index contributed by atoms with van der Waals surface area (Å²) in [5.41, 5.74) is 0.141. The first-order valence-corrected chi connectivity index (χ1v) is 5.48. The van der Waals surface area contributed by atoms with Gasteiger partial charge in [-0.25, -0.2) is 0 Å². The maximum Gasteiger partial charge on any atom is 0.0802 e. The third-order valence-electron chi connectivity index (χ3n) is 3.32. The molecule has 0 aromatic rings. The van der Waals surface area contributed by atoms with E-state index in [1.165, 1.54) is 25.7 Å². The van der Waals surface area contributed by atoms with Gasteiger partial charge in [0.05, 0.1) is 5.60 Å². The molecule has 0 spiro atoms. The minimum atomic E-state index is 0.141. The highest BCUT2D eigenvalue weighted by Crippen LogP contribution is 2.33. The molecular formula is C11H23NO. The fourth-order valence-corrected chi connectivity index (χ4v) is 2.09. The Morgan fingerprint density at radius 1 is 1.38 bits per heavy atom. The van der Waals surface area contributed by atoms with Crippen molar-refractivity contribution in [1.29, 1.82) is 0 Å². The summed E-state index contributed by atoms with van der Waals surface area (Å²) in [4.78, 5) is 0. The minimum Gasteiger partial charge on any atom is -0.377 e. The minimum absolute atomic E-state index is 0.141. The SMILES string of the molecule is CCNCC1(OC)CCC(C)CC1. The van der Waals surface area contributed by atoms with E-state index in [4.69, 9.17) is 4.74 Å². The van der Waals surface area contributed by atoms with Crippen molar-refractivity contribution in [3.63, 3.8) is 0 Å². The zero-order valence-corrected chi connectivity index (χ0v) is 9.23. The predicted octanol–water partition coefficient (Wildman–Crippen LogP) is 2.19. The molecule has 0 radical (unpaired) electrons. The number of hydrogen-bond acceptors (Lipinski definition) is 2. The Hall–Kier alpha value is -0.0800. The largest absolute Gasteiger partial charge is 0.377 e. The second kappa shape index (κ2) is 4.97. The van der Waals surface area contributed by atoms with Gasteiger partial charge in [-0.2, -0.15) is 0 Å². The van der Waals surface area contributed by atoms with Gasteiger partial charge in [-0.3, -0.25) is 0 Å². The standard InChI is InChI=1S/C11H23NO/c1-4-12-9-11(13-3)7-5-10(2)6-8-11/h10,12H,4-9H2,1-3H3. The molecule has 78 valence electrons. The normalized spacial score (nSPS) is 34.8. The molecule has 1 fully saturated rings. The molecule has 2 heteroatoms. The predicted molar refractivity (Wildman–Crippen MR) is 55.9 cm³/mol. The first-order chi connectivity index (χ1) is 6.22. The van der Waals surface area contributed by atoms with E-state index in [9.17, 15) is 0 Å². The van der Waals surface area contributed by atoms with Crippen LogP contribution in [0.15, 0.2) is 0 Å². The molecule has 1 rings (SSSR count). The number of ether oxygens (including phenoxy) is 1. The van der Waals surface area contributed by atoms with Gasteiger partial charge < -0.3 is 10.1 Å². The van der Waals surface area contributed by atoms with Gasteiger partial charge in [0.25, 0.3) is 0 Å². The first kappa shape index (κ1) is 11.0. The van der Waals surface area contributed by atoms with E-state index in [-0.39, 0.29) is 5.60 Å². The zero-order valence-electron chi connectivity index (χ0n) is 9.23. The summed E-state index contributed by atoms with van der Waals surface area (Å²) in [5.74, 6) is 0.893. The van der Waals surface area contributed by atoms with Gasteiger partial charge >= 0.3 is 0 Å². The Bertz CT molecular complexity index is 134. The van der Waals surface area contributed by atoms with E-state index < -0.39 is 0 Å². The summed E-state index contributed by atoms with van der Waals surface area (Å²) in [6.45, 7) is 6.55. The lowest BCUT2D eigenvalue weighted by atomic mass is 9.79. The van der Waals surface area contributed by atoms with Crippen LogP contribution >= 0.6 is 0 Å². The van der Waals surface area contributed by atoms with Crippen molar-refractivity contribution >= 4 is 0 Å². The molecule has 0 aromatic heterocycles. The smallest absolute Gasteiger partial charge is 0.0802 e. The zero-order chi connectivity index (χ0) is 9.73. The van der Waals surface area contributed by atoms with Gasteiger partial charge in [0.15, 0.2) is 0 Å². The topological polar surface area (TPSA) is 21.3 Å². The van der Waals surface area contributed by atoms with Gasteiger partial charge in [-0.05, 0) is 38.1 Å². The summed E-state index contributed by atoms with van der Waals surface area (Å²) in [6.07, 6.45) is 5.08. The van der Waals surface area contributed by atoms with Crippen molar-refractivity contribution < 1.29 is 4.74 Å². The Morgan fingerprint density at radius 2 is 2.00 bits per heavy atom. The lowest BCUT2D eigenvalue weighted by Gasteiger charge is -2.38. The van der Waals surface area contributed by atoms with E-state index in [0.717, 1.165) is 19.0 Å². The monoisotopic (exact) mass is 185 g/mol. The molecule has 0 unspecified atom stereocenters. The summed E-state index contributed by atoms with van der Waals surface area (Å²) in [5, 5.41) is 3.40. The first-order valence-electron chi connectivity index (χ1n) is 5.48. The van der Waals surface area contributed by atoms with Crippen LogP contribution in [-0.4, -0.2) is 25.8 Å². The Kier molecular flexibility index (Phi) is 4.20. The van der Waals surface area contributed by atoms with Crippen LogP contribution in [0.25, 0.3) is 0 Å². The molecule has 0 saturated heterocycles. The van der Waals surface area contributed by atoms with Crippen molar-refractivity contribution in [3.8, 4) is 0 Å². The molecule has 2 nitrogen and oxygen atoms in total. The van der Waals surface area contributed by atoms with Gasteiger partial charge in [-0.1, -0.05) is 13.8 Å². The molecule has 13 heavy (non-hydrogen) atoms. The van der Waals surface area contributed by atoms with Crippen LogP contribution in [0.4, 0.5) is 0 Å². The summed E-state index contributed by atoms with van der Waals surface area (Å²) in [6, 6.07) is 0. The molecule has 0 aliphatic heterocycles. The molecule has 1 aliphatic carbocycles. The van der Waals surface area contributed by atoms with Crippen LogP contribution in [0.1, 0.15) is 39.5 Å². The summed E-state index contributed by atoms with van der Waals surface area (Å²) in [7, 11) is 1.85. The average Bonchev–Trinajstić information content (AvgIpc) is 2.18. The molecule has 1 saturated carbocycles. The number of nitrogens with one attached hydrogen (secondary N) is 1. The fourth-order valence-electron chi connectivity index (χ4n) is 2.09. The van der Waals surface area contributed by atoms with E-state index in [1.807, 2.05) is 7.11 Å². The van der Waals surface area contributed by atoms with E-state index in [0.29, 0.717) is 0 Å². The Labute approximate surface area is 82.0 Å². The number of methoxy groups -OCH3 is 1. The second-order valence-electron chi connectivity index (χ2n) is 4.35. The van der Waals surface area contributed by atoms with Gasteiger partial charge in [0.1, 0.15) is 0 Å². The quantitative estimate of drug-likeness (QED) is 0.725. The Morgan fingerprint density at radius 3 is 2.46 bits per heavy atom. The van der Waals surface area contributed by atoms with Crippen LogP contribution in [0, 0.1) is 5.92 Å². The lowest BCUT2D eigenvalue weighted by Crippen LogP contribution is -2.45. The van der Waals surface area contributed by atoms with Crippen LogP contribution in [0.2, 0.25) is 0 Å². The third-order valence-corrected chi connectivity index (χ3v) is 3.32. The number of hydrogen-bond donors (Lipinski definition) is 1. The van der Waals surface area contributed by atoms with E-state index in [2.05, 4.69) is 19.2 Å². The van der Waals surface area contributed by atoms with Gasteiger partial charge in [0.2, 0.25) is 0 Å². The molecular weight excluding hydrogens is 162 g/mol. The number of rotatable bonds is 4. The molecule has 0 aromatic carbocycles. The highest BCUT2D eigenvalue weighted by atomic mass is 16.5. The van der Waals surface area contributed by atoms with Crippen molar-refractivity contribution in [2.24, 2.45) is 5.92 Å². The number of likely N-dealkylation sites (N-methyl/N-ethyl adjacent to an activating group) is 1. The molecule has 0 bridgehead atoms.